The van der Waals surface area contributed by atoms with E-state index in [0.717, 1.165) is 0 Å². The van der Waals surface area contributed by atoms with Crippen molar-refractivity contribution in [3.05, 3.63) is 29.8 Å². The van der Waals surface area contributed by atoms with E-state index < -0.39 is 5.91 Å². The molecule has 0 aliphatic rings. The summed E-state index contributed by atoms with van der Waals surface area (Å²) < 4.78 is 0. The van der Waals surface area contributed by atoms with Gasteiger partial charge in [-0.1, -0.05) is 0 Å². The molecule has 0 aromatic heterocycles. The molecule has 1 aromatic rings. The summed E-state index contributed by atoms with van der Waals surface area (Å²) in [5.74, 6) is -0.523. The molecule has 1 rings (SSSR count). The van der Waals surface area contributed by atoms with Crippen molar-refractivity contribution in [2.45, 2.75) is 0 Å². The van der Waals surface area contributed by atoms with Crippen LogP contribution in [0.1, 0.15) is 10.4 Å². The number of nitrogens with zero attached hydrogens (tertiary/aromatic N) is 3. The number of primary amides is 1. The molecule has 0 radical (unpaired) electrons. The highest BCUT2D eigenvalue weighted by molar-refractivity contribution is 6.10. The Morgan fingerprint density at radius 2 is 1.81 bits per heavy atom. The molecule has 0 saturated carbocycles. The molecule has 3 N–H and O–H groups in total. The van der Waals surface area contributed by atoms with Crippen molar-refractivity contribution < 1.29 is 4.79 Å². The second kappa shape index (κ2) is 5.13. The van der Waals surface area contributed by atoms with E-state index in [1.165, 1.54) is 12.1 Å². The number of nitriles is 2. The molecular formula is C10H7N5O. The van der Waals surface area contributed by atoms with E-state index in [0.29, 0.717) is 11.3 Å². The van der Waals surface area contributed by atoms with Gasteiger partial charge < -0.3 is 5.73 Å². The van der Waals surface area contributed by atoms with Crippen LogP contribution in [0.25, 0.3) is 0 Å². The van der Waals surface area contributed by atoms with Crippen LogP contribution in [0, 0.1) is 22.7 Å². The Balaban J connectivity index is 2.78. The molecule has 0 bridgehead atoms. The second-order valence-corrected chi connectivity index (χ2v) is 2.74. The van der Waals surface area contributed by atoms with Crippen LogP contribution >= 0.6 is 0 Å². The minimum absolute atomic E-state index is 0.279. The maximum absolute atomic E-state index is 10.8. The van der Waals surface area contributed by atoms with Gasteiger partial charge in [-0.05, 0) is 24.3 Å². The van der Waals surface area contributed by atoms with Crippen LogP contribution in [0.3, 0.4) is 0 Å². The third-order valence-electron chi connectivity index (χ3n) is 1.68. The maximum Gasteiger partial charge on any atom is 0.248 e. The number of hydrazone groups is 1. The number of carbonyl (C=O) groups excluding carboxylic acids is 1. The van der Waals surface area contributed by atoms with Crippen LogP contribution in [0.4, 0.5) is 5.69 Å². The molecule has 0 heterocycles. The number of nitrogens with two attached hydrogens (primary N) is 1. The van der Waals surface area contributed by atoms with Crippen molar-refractivity contribution in [1.82, 2.24) is 0 Å². The number of nitrogens with one attached hydrogen (secondary N) is 1. The van der Waals surface area contributed by atoms with Gasteiger partial charge in [-0.15, -0.1) is 0 Å². The van der Waals surface area contributed by atoms with Crippen LogP contribution in [-0.4, -0.2) is 11.6 Å². The summed E-state index contributed by atoms with van der Waals surface area (Å²) in [5, 5.41) is 20.4. The average molecular weight is 213 g/mol. The number of anilines is 1. The molecule has 6 heteroatoms. The zero-order valence-electron chi connectivity index (χ0n) is 8.14. The van der Waals surface area contributed by atoms with Gasteiger partial charge in [-0.25, -0.2) is 0 Å². The fraction of sp³-hybridized carbons (Fsp3) is 0. The Morgan fingerprint density at radius 3 is 2.25 bits per heavy atom. The van der Waals surface area contributed by atoms with E-state index in [1.54, 1.807) is 24.3 Å². The maximum atomic E-state index is 10.8. The molecular weight excluding hydrogens is 206 g/mol. The van der Waals surface area contributed by atoms with E-state index in [-0.39, 0.29) is 5.71 Å². The first kappa shape index (κ1) is 11.2. The summed E-state index contributed by atoms with van der Waals surface area (Å²) in [7, 11) is 0. The molecule has 1 amide bonds. The van der Waals surface area contributed by atoms with Crippen LogP contribution in [0.2, 0.25) is 0 Å². The molecule has 16 heavy (non-hydrogen) atoms. The summed E-state index contributed by atoms with van der Waals surface area (Å²) in [5.41, 5.74) is 8.20. The van der Waals surface area contributed by atoms with Crippen LogP contribution in [0.15, 0.2) is 29.4 Å². The highest BCUT2D eigenvalue weighted by Crippen LogP contribution is 2.08. The molecule has 0 spiro atoms. The molecule has 6 nitrogen and oxygen atoms in total. The normalized spacial score (nSPS) is 8.38. The molecule has 0 atom stereocenters. The van der Waals surface area contributed by atoms with Gasteiger partial charge in [0, 0.05) is 5.56 Å². The Labute approximate surface area is 91.6 Å². The van der Waals surface area contributed by atoms with Crippen molar-refractivity contribution in [2.24, 2.45) is 10.8 Å². The van der Waals surface area contributed by atoms with Gasteiger partial charge in [0.05, 0.1) is 5.69 Å². The predicted octanol–water partition coefficient (Wildman–Crippen LogP) is 0.601. The summed E-state index contributed by atoms with van der Waals surface area (Å²) in [6.07, 6.45) is 0. The minimum atomic E-state index is -0.523. The lowest BCUT2D eigenvalue weighted by Crippen LogP contribution is -2.10. The largest absolute Gasteiger partial charge is 0.366 e. The van der Waals surface area contributed by atoms with Gasteiger partial charge in [0.2, 0.25) is 11.6 Å². The first-order valence-corrected chi connectivity index (χ1v) is 4.21. The van der Waals surface area contributed by atoms with Crippen LogP contribution < -0.4 is 11.2 Å². The number of hydrogen-bond acceptors (Lipinski definition) is 5. The number of hydrogen-bond donors (Lipinski definition) is 2. The fourth-order valence-corrected chi connectivity index (χ4v) is 0.904. The Bertz CT molecular complexity index is 487. The van der Waals surface area contributed by atoms with Gasteiger partial charge in [-0.3, -0.25) is 10.2 Å². The highest BCUT2D eigenvalue weighted by Gasteiger charge is 1.99. The smallest absolute Gasteiger partial charge is 0.248 e. The molecule has 78 valence electrons. The van der Waals surface area contributed by atoms with E-state index >= 15 is 0 Å². The first-order chi connectivity index (χ1) is 7.67. The second-order valence-electron chi connectivity index (χ2n) is 2.74. The van der Waals surface area contributed by atoms with Crippen LogP contribution in [0.5, 0.6) is 0 Å². The first-order valence-electron chi connectivity index (χ1n) is 4.21. The lowest BCUT2D eigenvalue weighted by atomic mass is 10.2. The van der Waals surface area contributed by atoms with Crippen molar-refractivity contribution in [1.29, 1.82) is 10.5 Å². The Morgan fingerprint density at radius 1 is 1.25 bits per heavy atom. The van der Waals surface area contributed by atoms with Crippen molar-refractivity contribution >= 4 is 17.3 Å². The van der Waals surface area contributed by atoms with Gasteiger partial charge in [0.15, 0.2) is 0 Å². The standard InChI is InChI=1S/C10H7N5O/c11-5-9(6-12)15-14-8-3-1-7(2-4-8)10(13)16/h1-4,14H,(H2,13,16). The van der Waals surface area contributed by atoms with E-state index in [9.17, 15) is 4.79 Å². The molecule has 0 aliphatic carbocycles. The quantitative estimate of drug-likeness (QED) is 0.564. The van der Waals surface area contributed by atoms with Gasteiger partial charge in [0.25, 0.3) is 0 Å². The number of amides is 1. The highest BCUT2D eigenvalue weighted by atomic mass is 16.1. The lowest BCUT2D eigenvalue weighted by Gasteiger charge is -2.00. The topological polar surface area (TPSA) is 115 Å². The van der Waals surface area contributed by atoms with Gasteiger partial charge in [0.1, 0.15) is 12.1 Å². The van der Waals surface area contributed by atoms with Crippen molar-refractivity contribution in [2.75, 3.05) is 5.43 Å². The van der Waals surface area contributed by atoms with Crippen molar-refractivity contribution in [3.63, 3.8) is 0 Å². The van der Waals surface area contributed by atoms with Crippen molar-refractivity contribution in [3.8, 4) is 12.1 Å². The zero-order chi connectivity index (χ0) is 12.0. The van der Waals surface area contributed by atoms with E-state index in [4.69, 9.17) is 16.3 Å². The number of rotatable bonds is 3. The summed E-state index contributed by atoms with van der Waals surface area (Å²) in [6.45, 7) is 0. The predicted molar refractivity (Wildman–Crippen MR) is 57.2 cm³/mol. The summed E-state index contributed by atoms with van der Waals surface area (Å²) in [6, 6.07) is 9.36. The zero-order valence-corrected chi connectivity index (χ0v) is 8.14. The Kier molecular flexibility index (Phi) is 3.59. The molecule has 0 fully saturated rings. The molecule has 0 unspecified atom stereocenters. The summed E-state index contributed by atoms with van der Waals surface area (Å²) >= 11 is 0. The monoisotopic (exact) mass is 213 g/mol. The third-order valence-corrected chi connectivity index (χ3v) is 1.68. The Hall–Kier alpha value is -2.86. The van der Waals surface area contributed by atoms with Gasteiger partial charge in [-0.2, -0.15) is 15.6 Å². The van der Waals surface area contributed by atoms with E-state index in [1.807, 2.05) is 0 Å². The fourth-order valence-electron chi connectivity index (χ4n) is 0.904. The SMILES string of the molecule is N#CC(C#N)=NNc1ccc(C(N)=O)cc1. The number of benzene rings is 1. The number of carbonyl (C=O) groups is 1. The van der Waals surface area contributed by atoms with Crippen LogP contribution in [-0.2, 0) is 0 Å². The minimum Gasteiger partial charge on any atom is -0.366 e. The molecule has 1 aromatic carbocycles. The van der Waals surface area contributed by atoms with Gasteiger partial charge >= 0.3 is 0 Å². The summed E-state index contributed by atoms with van der Waals surface area (Å²) in [4.78, 5) is 10.8. The molecule has 0 aliphatic heterocycles. The molecule has 0 saturated heterocycles. The lowest BCUT2D eigenvalue weighted by molar-refractivity contribution is 0.100. The third kappa shape index (κ3) is 2.82. The average Bonchev–Trinajstić information content (AvgIpc) is 2.31. The van der Waals surface area contributed by atoms with E-state index in [2.05, 4.69) is 10.5 Å².